The Bertz CT molecular complexity index is 862. The minimum atomic E-state index is -0.151. The molecule has 0 spiro atoms. The third-order valence-corrected chi connectivity index (χ3v) is 5.72. The smallest absolute Gasteiger partial charge is 0.237 e. The predicted octanol–water partition coefficient (Wildman–Crippen LogP) is 3.04. The fraction of sp³-hybridized carbons (Fsp3) is 0.400. The molecule has 6 heteroatoms. The number of hydrogen-bond donors (Lipinski definition) is 1. The second-order valence-corrected chi connectivity index (χ2v) is 7.73. The number of carbonyl (C=O) groups is 1. The Labute approximate surface area is 185 Å². The second-order valence-electron chi connectivity index (χ2n) is 7.73. The van der Waals surface area contributed by atoms with Gasteiger partial charge in [-0.25, -0.2) is 0 Å². The van der Waals surface area contributed by atoms with E-state index in [1.165, 1.54) is 5.56 Å². The first-order chi connectivity index (χ1) is 15.1. The fourth-order valence-electron chi connectivity index (χ4n) is 3.73. The molecule has 1 heterocycles. The molecule has 1 aliphatic heterocycles. The van der Waals surface area contributed by atoms with Gasteiger partial charge in [-0.15, -0.1) is 0 Å². The lowest BCUT2D eigenvalue weighted by Crippen LogP contribution is -2.53. The first kappa shape index (κ1) is 22.8. The molecule has 1 aliphatic rings. The summed E-state index contributed by atoms with van der Waals surface area (Å²) in [5, 5.41) is 3.05. The molecule has 0 radical (unpaired) electrons. The summed E-state index contributed by atoms with van der Waals surface area (Å²) in [6.45, 7) is 7.10. The van der Waals surface area contributed by atoms with Gasteiger partial charge in [-0.05, 0) is 30.2 Å². The van der Waals surface area contributed by atoms with Crippen molar-refractivity contribution in [2.75, 3.05) is 46.9 Å². The summed E-state index contributed by atoms with van der Waals surface area (Å²) >= 11 is 0. The van der Waals surface area contributed by atoms with Crippen molar-refractivity contribution >= 4 is 12.0 Å². The molecule has 0 unspecified atom stereocenters. The van der Waals surface area contributed by atoms with Gasteiger partial charge < -0.3 is 14.8 Å². The van der Waals surface area contributed by atoms with Gasteiger partial charge in [-0.3, -0.25) is 14.6 Å². The molecule has 1 saturated heterocycles. The van der Waals surface area contributed by atoms with E-state index >= 15 is 0 Å². The van der Waals surface area contributed by atoms with Gasteiger partial charge in [-0.2, -0.15) is 0 Å². The van der Waals surface area contributed by atoms with Crippen LogP contribution >= 0.6 is 0 Å². The quantitative estimate of drug-likeness (QED) is 0.672. The summed E-state index contributed by atoms with van der Waals surface area (Å²) in [5.74, 6) is 1.40. The number of benzene rings is 2. The highest BCUT2D eigenvalue weighted by Crippen LogP contribution is 2.27. The van der Waals surface area contributed by atoms with E-state index in [2.05, 4.69) is 51.5 Å². The van der Waals surface area contributed by atoms with Crippen LogP contribution in [0.2, 0.25) is 0 Å². The Morgan fingerprint density at radius 1 is 1.03 bits per heavy atom. The number of nitrogens with zero attached hydrogens (tertiary/aromatic N) is 2. The molecule has 0 saturated carbocycles. The maximum Gasteiger partial charge on any atom is 0.237 e. The zero-order valence-electron chi connectivity index (χ0n) is 18.7. The van der Waals surface area contributed by atoms with Gasteiger partial charge in [-0.1, -0.05) is 48.6 Å². The van der Waals surface area contributed by atoms with E-state index in [-0.39, 0.29) is 11.9 Å². The van der Waals surface area contributed by atoms with Crippen LogP contribution in [0.4, 0.5) is 0 Å². The molecular weight excluding hydrogens is 390 g/mol. The van der Waals surface area contributed by atoms with Crippen molar-refractivity contribution in [2.45, 2.75) is 19.5 Å². The Morgan fingerprint density at radius 3 is 2.42 bits per heavy atom. The third kappa shape index (κ3) is 6.57. The van der Waals surface area contributed by atoms with Crippen molar-refractivity contribution in [3.05, 3.63) is 65.7 Å². The van der Waals surface area contributed by atoms with Crippen LogP contribution in [0.25, 0.3) is 6.08 Å². The van der Waals surface area contributed by atoms with Crippen LogP contribution in [0, 0.1) is 0 Å². The number of piperazine rings is 1. The van der Waals surface area contributed by atoms with Gasteiger partial charge in [0.05, 0.1) is 20.3 Å². The number of rotatable bonds is 9. The fourth-order valence-corrected chi connectivity index (χ4v) is 3.73. The Balaban J connectivity index is 1.42. The molecule has 3 rings (SSSR count). The lowest BCUT2D eigenvalue weighted by molar-refractivity contribution is -0.126. The van der Waals surface area contributed by atoms with E-state index in [0.717, 1.165) is 38.3 Å². The van der Waals surface area contributed by atoms with E-state index < -0.39 is 0 Å². The lowest BCUT2D eigenvalue weighted by atomic mass is 10.1. The van der Waals surface area contributed by atoms with Crippen molar-refractivity contribution in [1.82, 2.24) is 15.1 Å². The molecule has 1 N–H and O–H groups in total. The molecule has 0 aliphatic carbocycles. The summed E-state index contributed by atoms with van der Waals surface area (Å²) < 4.78 is 10.6. The van der Waals surface area contributed by atoms with Crippen molar-refractivity contribution in [3.8, 4) is 11.5 Å². The number of methoxy groups -OCH3 is 2. The zero-order chi connectivity index (χ0) is 22.1. The first-order valence-corrected chi connectivity index (χ1v) is 10.8. The predicted molar refractivity (Wildman–Crippen MR) is 124 cm³/mol. The zero-order valence-corrected chi connectivity index (χ0v) is 18.7. The highest BCUT2D eigenvalue weighted by Gasteiger charge is 2.25. The van der Waals surface area contributed by atoms with Gasteiger partial charge in [0, 0.05) is 39.3 Å². The lowest BCUT2D eigenvalue weighted by Gasteiger charge is -2.37. The van der Waals surface area contributed by atoms with Gasteiger partial charge in [0.15, 0.2) is 11.5 Å². The van der Waals surface area contributed by atoms with Crippen LogP contribution in [-0.2, 0) is 11.3 Å². The average molecular weight is 424 g/mol. The maximum atomic E-state index is 12.7. The van der Waals surface area contributed by atoms with Gasteiger partial charge in [0.1, 0.15) is 0 Å². The van der Waals surface area contributed by atoms with Crippen LogP contribution in [-0.4, -0.2) is 68.7 Å². The molecule has 0 aromatic heterocycles. The molecule has 166 valence electrons. The van der Waals surface area contributed by atoms with Crippen molar-refractivity contribution in [2.24, 2.45) is 0 Å². The summed E-state index contributed by atoms with van der Waals surface area (Å²) in [4.78, 5) is 17.3. The van der Waals surface area contributed by atoms with Crippen molar-refractivity contribution in [3.63, 3.8) is 0 Å². The molecular formula is C25H33N3O3. The Morgan fingerprint density at radius 2 is 1.74 bits per heavy atom. The van der Waals surface area contributed by atoms with E-state index in [1.807, 2.05) is 31.2 Å². The first-order valence-electron chi connectivity index (χ1n) is 10.8. The minimum Gasteiger partial charge on any atom is -0.493 e. The minimum absolute atomic E-state index is 0.0483. The average Bonchev–Trinajstić information content (AvgIpc) is 2.83. The molecule has 31 heavy (non-hydrogen) atoms. The standard InChI is InChI=1S/C25H33N3O3/c1-20(25(29)26-19-22-11-12-23(30-2)24(18-22)31-3)28-16-14-27(15-17-28)13-7-10-21-8-5-4-6-9-21/h4-12,18,20H,13-17,19H2,1-3H3,(H,26,29)/b10-7+/t20-/m0/s1. The molecule has 1 amide bonds. The third-order valence-electron chi connectivity index (χ3n) is 5.72. The second kappa shape index (κ2) is 11.5. The highest BCUT2D eigenvalue weighted by atomic mass is 16.5. The van der Waals surface area contributed by atoms with E-state index in [4.69, 9.17) is 9.47 Å². The molecule has 1 fully saturated rings. The number of carbonyl (C=O) groups excluding carboxylic acids is 1. The number of nitrogens with one attached hydrogen (secondary N) is 1. The van der Waals surface area contributed by atoms with Crippen LogP contribution in [0.1, 0.15) is 18.1 Å². The molecule has 2 aromatic carbocycles. The molecule has 0 bridgehead atoms. The number of ether oxygens (including phenoxy) is 2. The van der Waals surface area contributed by atoms with Crippen molar-refractivity contribution < 1.29 is 14.3 Å². The van der Waals surface area contributed by atoms with Crippen molar-refractivity contribution in [1.29, 1.82) is 0 Å². The monoisotopic (exact) mass is 423 g/mol. The Kier molecular flexibility index (Phi) is 8.50. The maximum absolute atomic E-state index is 12.7. The molecule has 1 atom stereocenters. The van der Waals surface area contributed by atoms with Crippen LogP contribution < -0.4 is 14.8 Å². The van der Waals surface area contributed by atoms with Gasteiger partial charge in [0.25, 0.3) is 0 Å². The van der Waals surface area contributed by atoms with E-state index in [9.17, 15) is 4.79 Å². The topological polar surface area (TPSA) is 54.0 Å². The summed E-state index contributed by atoms with van der Waals surface area (Å²) in [7, 11) is 3.22. The largest absolute Gasteiger partial charge is 0.493 e. The number of amides is 1. The normalized spacial score (nSPS) is 16.2. The van der Waals surface area contributed by atoms with Gasteiger partial charge >= 0.3 is 0 Å². The summed E-state index contributed by atoms with van der Waals surface area (Å²) in [6.07, 6.45) is 4.38. The Hall–Kier alpha value is -2.83. The summed E-state index contributed by atoms with van der Waals surface area (Å²) in [6, 6.07) is 15.9. The summed E-state index contributed by atoms with van der Waals surface area (Å²) in [5.41, 5.74) is 2.20. The van der Waals surface area contributed by atoms with Crippen LogP contribution in [0.15, 0.2) is 54.6 Å². The highest BCUT2D eigenvalue weighted by molar-refractivity contribution is 5.81. The van der Waals surface area contributed by atoms with E-state index in [1.54, 1.807) is 14.2 Å². The van der Waals surface area contributed by atoms with E-state index in [0.29, 0.717) is 18.0 Å². The number of hydrogen-bond acceptors (Lipinski definition) is 5. The van der Waals surface area contributed by atoms with Crippen LogP contribution in [0.3, 0.4) is 0 Å². The molecule has 6 nitrogen and oxygen atoms in total. The van der Waals surface area contributed by atoms with Crippen LogP contribution in [0.5, 0.6) is 11.5 Å². The van der Waals surface area contributed by atoms with Gasteiger partial charge in [0.2, 0.25) is 5.91 Å². The SMILES string of the molecule is COc1ccc(CNC(=O)[C@H](C)N2CCN(C/C=C/c3ccccc3)CC2)cc1OC. The molecule has 2 aromatic rings.